The number of amides is 2. The van der Waals surface area contributed by atoms with E-state index < -0.39 is 5.69 Å². The van der Waals surface area contributed by atoms with Gasteiger partial charge in [-0.25, -0.2) is 9.59 Å². The zero-order chi connectivity index (χ0) is 25.1. The smallest absolute Gasteiger partial charge is 0.327 e. The molecule has 0 radical (unpaired) electrons. The van der Waals surface area contributed by atoms with Crippen LogP contribution in [-0.4, -0.2) is 76.7 Å². The minimum Gasteiger partial charge on any atom is -0.327 e. The van der Waals surface area contributed by atoms with Gasteiger partial charge in [-0.3, -0.25) is 14.8 Å². The lowest BCUT2D eigenvalue weighted by Gasteiger charge is -2.30. The molecule has 36 heavy (non-hydrogen) atoms. The number of benzene rings is 1. The van der Waals surface area contributed by atoms with Crippen LogP contribution in [0.25, 0.3) is 5.69 Å². The number of likely N-dealkylation sites (tertiary alicyclic amines) is 1. The molecule has 2 saturated heterocycles. The fraction of sp³-hybridized carbons (Fsp3) is 0.593. The van der Waals surface area contributed by atoms with Crippen molar-refractivity contribution in [1.29, 1.82) is 0 Å². The first-order chi connectivity index (χ1) is 17.5. The van der Waals surface area contributed by atoms with Crippen LogP contribution in [0.15, 0.2) is 41.3 Å². The average molecular weight is 494 g/mol. The number of anilines is 1. The van der Waals surface area contributed by atoms with Gasteiger partial charge in [0.2, 0.25) is 0 Å². The largest absolute Gasteiger partial charge is 0.354 e. The maximum Gasteiger partial charge on any atom is 0.354 e. The summed E-state index contributed by atoms with van der Waals surface area (Å²) in [7, 11) is 0. The van der Waals surface area contributed by atoms with E-state index >= 15 is 0 Å². The Kier molecular flexibility index (Phi) is 7.69. The second kappa shape index (κ2) is 11.1. The van der Waals surface area contributed by atoms with E-state index in [2.05, 4.69) is 39.6 Å². The Morgan fingerprint density at radius 3 is 2.64 bits per heavy atom. The fourth-order valence-corrected chi connectivity index (χ4v) is 6.17. The van der Waals surface area contributed by atoms with Crippen molar-refractivity contribution in [2.75, 3.05) is 44.6 Å². The first-order valence-electron chi connectivity index (χ1n) is 13.5. The molecule has 9 nitrogen and oxygen atoms in total. The van der Waals surface area contributed by atoms with Gasteiger partial charge in [0.25, 0.3) is 0 Å². The third-order valence-electron chi connectivity index (χ3n) is 8.30. The van der Waals surface area contributed by atoms with E-state index in [-0.39, 0.29) is 11.8 Å². The van der Waals surface area contributed by atoms with Crippen molar-refractivity contribution in [3.05, 3.63) is 52.6 Å². The number of hydrogen-bond donors (Lipinski definition) is 3. The summed E-state index contributed by atoms with van der Waals surface area (Å²) in [6, 6.07) is 10.5. The van der Waals surface area contributed by atoms with Crippen LogP contribution >= 0.6 is 0 Å². The zero-order valence-electron chi connectivity index (χ0n) is 21.2. The Morgan fingerprint density at radius 1 is 1.17 bits per heavy atom. The molecule has 1 aromatic heterocycles. The Morgan fingerprint density at radius 2 is 1.94 bits per heavy atom. The number of urea groups is 1. The number of nitrogens with zero attached hydrogens (tertiary/aromatic N) is 4. The summed E-state index contributed by atoms with van der Waals surface area (Å²) in [5, 5.41) is 5.95. The van der Waals surface area contributed by atoms with Gasteiger partial charge in [0.15, 0.2) is 0 Å². The molecule has 4 atom stereocenters. The maximum absolute atomic E-state index is 12.7. The minimum atomic E-state index is -0.414. The highest BCUT2D eigenvalue weighted by molar-refractivity contribution is 5.88. The lowest BCUT2D eigenvalue weighted by molar-refractivity contribution is 0.204. The van der Waals surface area contributed by atoms with Gasteiger partial charge in [0.05, 0.1) is 5.69 Å². The second-order valence-electron chi connectivity index (χ2n) is 10.5. The minimum absolute atomic E-state index is 0.227. The Balaban J connectivity index is 1.21. The number of aromatic nitrogens is 2. The van der Waals surface area contributed by atoms with Crippen molar-refractivity contribution >= 4 is 11.8 Å². The van der Waals surface area contributed by atoms with Crippen LogP contribution in [0.1, 0.15) is 38.2 Å². The van der Waals surface area contributed by atoms with E-state index in [4.69, 9.17) is 5.73 Å². The van der Waals surface area contributed by atoms with Crippen LogP contribution in [0.2, 0.25) is 0 Å². The van der Waals surface area contributed by atoms with Crippen molar-refractivity contribution in [1.82, 2.24) is 24.7 Å². The zero-order valence-corrected chi connectivity index (χ0v) is 21.2. The van der Waals surface area contributed by atoms with E-state index in [1.807, 2.05) is 12.1 Å². The normalized spacial score (nSPS) is 25.4. The summed E-state index contributed by atoms with van der Waals surface area (Å²) >= 11 is 0. The maximum atomic E-state index is 12.7. The van der Waals surface area contributed by atoms with E-state index in [1.165, 1.54) is 35.9 Å². The van der Waals surface area contributed by atoms with Gasteiger partial charge in [-0.15, -0.1) is 0 Å². The topological polar surface area (TPSA) is 109 Å². The summed E-state index contributed by atoms with van der Waals surface area (Å²) in [5.41, 5.74) is 8.06. The van der Waals surface area contributed by atoms with Crippen molar-refractivity contribution in [3.8, 4) is 5.69 Å². The summed E-state index contributed by atoms with van der Waals surface area (Å²) < 4.78 is 1.51. The highest BCUT2D eigenvalue weighted by Gasteiger charge is 2.40. The van der Waals surface area contributed by atoms with Crippen LogP contribution < -0.4 is 22.1 Å². The molecule has 4 unspecified atom stereocenters. The van der Waals surface area contributed by atoms with Crippen LogP contribution in [0.4, 0.5) is 10.6 Å². The van der Waals surface area contributed by atoms with E-state index in [9.17, 15) is 9.59 Å². The molecular formula is C27H39N7O2. The number of nitrogens with one attached hydrogen (secondary N) is 2. The average Bonchev–Trinajstić information content (AvgIpc) is 3.34. The molecule has 2 amide bonds. The second-order valence-corrected chi connectivity index (χ2v) is 10.5. The highest BCUT2D eigenvalue weighted by atomic mass is 16.2. The van der Waals surface area contributed by atoms with Crippen molar-refractivity contribution in [2.45, 2.75) is 51.1 Å². The number of carbonyl (C=O) groups is 1. The Bertz CT molecular complexity index is 1100. The lowest BCUT2D eigenvalue weighted by Crippen LogP contribution is -2.48. The van der Waals surface area contributed by atoms with E-state index in [0.29, 0.717) is 31.1 Å². The molecule has 9 heteroatoms. The van der Waals surface area contributed by atoms with Gasteiger partial charge < -0.3 is 16.0 Å². The molecule has 3 heterocycles. The Labute approximate surface area is 213 Å². The fourth-order valence-electron chi connectivity index (χ4n) is 6.17. The van der Waals surface area contributed by atoms with Gasteiger partial charge in [0.1, 0.15) is 5.82 Å². The third kappa shape index (κ3) is 5.48. The molecule has 194 valence electrons. The highest BCUT2D eigenvalue weighted by Crippen LogP contribution is 2.37. The number of carbonyl (C=O) groups excluding carboxylic acids is 1. The van der Waals surface area contributed by atoms with Crippen molar-refractivity contribution in [2.24, 2.45) is 17.6 Å². The number of fused-ring (bicyclic) bond motifs is 1. The molecule has 1 aliphatic carbocycles. The van der Waals surface area contributed by atoms with E-state index in [0.717, 1.165) is 44.1 Å². The molecule has 1 saturated carbocycles. The number of nitrogens with two attached hydrogens (primary N) is 1. The Hall–Kier alpha value is -2.75. The third-order valence-corrected chi connectivity index (χ3v) is 8.30. The molecule has 2 aromatic rings. The first kappa shape index (κ1) is 24.9. The van der Waals surface area contributed by atoms with E-state index in [1.54, 1.807) is 17.2 Å². The summed E-state index contributed by atoms with van der Waals surface area (Å²) in [6.07, 6.45) is 7.54. The van der Waals surface area contributed by atoms with Gasteiger partial charge in [-0.05, 0) is 61.3 Å². The monoisotopic (exact) mass is 493 g/mol. The summed E-state index contributed by atoms with van der Waals surface area (Å²) in [5.74, 6) is 1.68. The van der Waals surface area contributed by atoms with Gasteiger partial charge >= 0.3 is 11.7 Å². The quantitative estimate of drug-likeness (QED) is 0.568. The molecule has 3 aliphatic rings. The van der Waals surface area contributed by atoms with Crippen LogP contribution in [0.5, 0.6) is 0 Å². The SMILES string of the molecule is CCC(Cc1ccc(-n2ccc(NC(=O)N3CCNCC3)nc2=O)cc1)N1CC2CCCC(N)C2C1. The number of hydrogen-bond acceptors (Lipinski definition) is 6. The molecule has 0 spiro atoms. The van der Waals surface area contributed by atoms with Crippen molar-refractivity contribution < 1.29 is 4.79 Å². The predicted molar refractivity (Wildman–Crippen MR) is 141 cm³/mol. The molecule has 3 fully saturated rings. The van der Waals surface area contributed by atoms with Gasteiger partial charge in [-0.1, -0.05) is 25.5 Å². The molecular weight excluding hydrogens is 454 g/mol. The summed E-state index contributed by atoms with van der Waals surface area (Å²) in [4.78, 5) is 33.5. The predicted octanol–water partition coefficient (Wildman–Crippen LogP) is 2.05. The first-order valence-corrected chi connectivity index (χ1v) is 13.5. The van der Waals surface area contributed by atoms with Crippen molar-refractivity contribution in [3.63, 3.8) is 0 Å². The molecule has 1 aromatic carbocycles. The lowest BCUT2D eigenvalue weighted by atomic mass is 9.78. The molecule has 0 bridgehead atoms. The van der Waals surface area contributed by atoms with Crippen LogP contribution in [0.3, 0.4) is 0 Å². The number of rotatable bonds is 6. The van der Waals surface area contributed by atoms with Gasteiger partial charge in [0, 0.05) is 57.5 Å². The standard InChI is InChI=1S/C27H39N7O2/c1-2-21(33-17-20-4-3-5-24(28)23(20)18-33)16-19-6-8-22(9-7-19)34-13-10-25(31-27(34)36)30-26(35)32-14-11-29-12-15-32/h6-10,13,20-21,23-24,29H,2-5,11-12,14-18,28H2,1H3,(H,30,31,35,36). The number of piperazine rings is 1. The van der Waals surface area contributed by atoms with Crippen LogP contribution in [0, 0.1) is 11.8 Å². The summed E-state index contributed by atoms with van der Waals surface area (Å²) in [6.45, 7) is 7.39. The van der Waals surface area contributed by atoms with Crippen LogP contribution in [-0.2, 0) is 6.42 Å². The molecule has 2 aliphatic heterocycles. The molecule has 5 rings (SSSR count). The molecule has 4 N–H and O–H groups in total. The van der Waals surface area contributed by atoms with Gasteiger partial charge in [-0.2, -0.15) is 4.98 Å².